The molecule has 0 amide bonds. The number of nitrogens with zero attached hydrogens (tertiary/aromatic N) is 8. The van der Waals surface area contributed by atoms with E-state index in [2.05, 4.69) is 394 Å². The Morgan fingerprint density at radius 2 is 0.549 bits per heavy atom. The maximum atomic E-state index is 6.75. The van der Waals surface area contributed by atoms with E-state index in [0.717, 1.165) is 133 Å². The summed E-state index contributed by atoms with van der Waals surface area (Å²) in [6.07, 6.45) is 0. The van der Waals surface area contributed by atoms with Crippen molar-refractivity contribution < 1.29 is 4.42 Å². The molecule has 18 aromatic carbocycles. The third-order valence-electron chi connectivity index (χ3n) is 24.7. The lowest BCUT2D eigenvalue weighted by Gasteiger charge is -2.11. The molecule has 0 fully saturated rings. The molecule has 0 unspecified atom stereocenters. The second kappa shape index (κ2) is 27.8. The van der Waals surface area contributed by atoms with Crippen molar-refractivity contribution >= 4 is 162 Å². The number of furan rings is 1. The molecule has 0 radical (unpaired) electrons. The molecule has 0 saturated heterocycles. The Morgan fingerprint density at radius 1 is 0.205 bits per heavy atom. The molecule has 26 aromatic rings. The van der Waals surface area contributed by atoms with Crippen molar-refractivity contribution in [3.05, 3.63) is 413 Å². The van der Waals surface area contributed by atoms with Gasteiger partial charge in [-0.25, -0.2) is 19.9 Å². The molecular weight excluding hydrogens is 1510 g/mol. The molecule has 122 heavy (non-hydrogen) atoms. The molecule has 0 atom stereocenters. The van der Waals surface area contributed by atoms with Crippen molar-refractivity contribution in [3.8, 4) is 90.3 Å². The van der Waals surface area contributed by atoms with E-state index in [1.165, 1.54) is 96.7 Å². The maximum absolute atomic E-state index is 6.75. The molecule has 9 nitrogen and oxygen atoms in total. The molecule has 0 N–H and O–H groups in total. The first kappa shape index (κ1) is 69.0. The number of aromatic nitrogens is 8. The van der Waals surface area contributed by atoms with E-state index in [9.17, 15) is 0 Å². The Balaban J connectivity index is 0.000000134. The van der Waals surface area contributed by atoms with E-state index in [0.29, 0.717) is 11.6 Å². The Labute approximate surface area is 703 Å². The molecule has 0 bridgehead atoms. The summed E-state index contributed by atoms with van der Waals surface area (Å²) in [5, 5.41) is 16.6. The summed E-state index contributed by atoms with van der Waals surface area (Å²) in [4.78, 5) is 20.4. The quantitative estimate of drug-likeness (QED) is 0.136. The highest BCUT2D eigenvalue weighted by Gasteiger charge is 2.25. The molecule has 568 valence electrons. The van der Waals surface area contributed by atoms with E-state index in [-0.39, 0.29) is 0 Å². The monoisotopic (exact) mass is 1570 g/mol. The van der Waals surface area contributed by atoms with E-state index in [1.807, 2.05) is 47.7 Å². The molecule has 0 spiro atoms. The minimum Gasteiger partial charge on any atom is -0.455 e. The Hall–Kier alpha value is -16.1. The van der Waals surface area contributed by atoms with Crippen molar-refractivity contribution in [1.82, 2.24) is 38.2 Å². The predicted molar refractivity (Wildman–Crippen MR) is 509 cm³/mol. The Kier molecular flexibility index (Phi) is 15.7. The van der Waals surface area contributed by atoms with Gasteiger partial charge in [0.2, 0.25) is 0 Å². The van der Waals surface area contributed by atoms with Crippen LogP contribution in [0.4, 0.5) is 0 Å². The van der Waals surface area contributed by atoms with Crippen molar-refractivity contribution in [1.29, 1.82) is 0 Å². The van der Waals surface area contributed by atoms with Gasteiger partial charge in [0, 0.05) is 124 Å². The first-order chi connectivity index (χ1) is 60.5. The van der Waals surface area contributed by atoms with Crippen LogP contribution in [0.25, 0.3) is 241 Å². The lowest BCUT2D eigenvalue weighted by molar-refractivity contribution is 0.673. The zero-order valence-electron chi connectivity index (χ0n) is 65.7. The third-order valence-corrected chi connectivity index (χ3v) is 25.9. The minimum atomic E-state index is 0.698. The van der Waals surface area contributed by atoms with E-state index in [4.69, 9.17) is 24.4 Å². The second-order valence-electron chi connectivity index (χ2n) is 31.5. The fraction of sp³-hybridized carbons (Fsp3) is 0. The molecule has 0 aliphatic heterocycles. The van der Waals surface area contributed by atoms with E-state index in [1.54, 1.807) is 0 Å². The fourth-order valence-corrected chi connectivity index (χ4v) is 20.3. The Bertz CT molecular complexity index is 8230. The van der Waals surface area contributed by atoms with Gasteiger partial charge in [-0.05, 0) is 198 Å². The Morgan fingerprint density at radius 3 is 1.05 bits per heavy atom. The topological polar surface area (TPSA) is 84.4 Å². The van der Waals surface area contributed by atoms with Gasteiger partial charge < -0.3 is 22.7 Å². The third kappa shape index (κ3) is 11.0. The number of hydrogen-bond acceptors (Lipinski definition) is 6. The summed E-state index contributed by atoms with van der Waals surface area (Å²) >= 11 is 1.89. The van der Waals surface area contributed by atoms with Crippen LogP contribution in [0, 0.1) is 0 Å². The SMILES string of the molecule is c1ccc(-c2nc(-c3ccc(-n4c5ccc(-c6ccc7c(c6)c6ccccc6n7-c6ccccc6)cc5c5c6oc7ccccc7c6ccc54)cc3)nc3ccccc23)cc1.c1ccc(-c2nc(-c3ccc(-n4c5ccc(-c6ccc7c(c6)c6ccccc6n7-c6ccccc6)cc5c5c6sc7ccccc7c6ccc54)cc3)nc3ccccc23)cc1. The largest absolute Gasteiger partial charge is 0.455 e. The highest BCUT2D eigenvalue weighted by atomic mass is 32.1. The maximum Gasteiger partial charge on any atom is 0.160 e. The molecule has 0 saturated carbocycles. The minimum absolute atomic E-state index is 0.698. The molecular formula is C112H68N8OS. The van der Waals surface area contributed by atoms with E-state index >= 15 is 0 Å². The van der Waals surface area contributed by atoms with Crippen molar-refractivity contribution in [2.75, 3.05) is 0 Å². The summed E-state index contributed by atoms with van der Waals surface area (Å²) in [5.74, 6) is 1.41. The molecule has 0 aliphatic carbocycles. The smallest absolute Gasteiger partial charge is 0.160 e. The van der Waals surface area contributed by atoms with Crippen LogP contribution in [0.2, 0.25) is 0 Å². The molecule has 8 heterocycles. The van der Waals surface area contributed by atoms with Crippen molar-refractivity contribution in [2.24, 2.45) is 0 Å². The van der Waals surface area contributed by atoms with Gasteiger partial charge in [0.25, 0.3) is 0 Å². The molecule has 0 aliphatic rings. The number of fused-ring (bicyclic) bond motifs is 22. The van der Waals surface area contributed by atoms with Crippen LogP contribution in [-0.2, 0) is 0 Å². The average Bonchev–Trinajstić information content (AvgIpc) is 1.56. The summed E-state index contributed by atoms with van der Waals surface area (Å²) in [7, 11) is 0. The van der Waals surface area contributed by atoms with Crippen LogP contribution < -0.4 is 0 Å². The number of rotatable bonds is 10. The number of hydrogen-bond donors (Lipinski definition) is 0. The van der Waals surface area contributed by atoms with Crippen molar-refractivity contribution in [3.63, 3.8) is 0 Å². The standard InChI is InChI=1S/C56H34N4O.C56H34N4S/c2*1-3-13-35(14-4-1)54-44-19-7-10-20-47(44)57-56(58-54)36-23-27-40(28-24-36)60-50-31-26-38(34-46(50)53-51(60)32-29-43-42-18-9-12-22-52(42)61-55(43)53)37-25-30-49-45(33-37)41-17-8-11-21-48(41)59(49)39-15-5-2-6-16-39/h2*1-34H. The average molecular weight is 1570 g/mol. The van der Waals surface area contributed by atoms with Crippen LogP contribution in [0.1, 0.15) is 0 Å². The summed E-state index contributed by atoms with van der Waals surface area (Å²) in [5.41, 5.74) is 28.1. The fourth-order valence-electron chi connectivity index (χ4n) is 19.1. The van der Waals surface area contributed by atoms with Crippen LogP contribution in [-0.4, -0.2) is 38.2 Å². The zero-order chi connectivity index (χ0) is 80.0. The van der Waals surface area contributed by atoms with Gasteiger partial charge in [-0.1, -0.05) is 237 Å². The number of thiophene rings is 1. The summed E-state index contributed by atoms with van der Waals surface area (Å²) in [6, 6.07) is 147. The second-order valence-corrected chi connectivity index (χ2v) is 32.5. The molecule has 10 heteroatoms. The van der Waals surface area contributed by atoms with Crippen LogP contribution in [0.3, 0.4) is 0 Å². The van der Waals surface area contributed by atoms with Crippen molar-refractivity contribution in [2.45, 2.75) is 0 Å². The summed E-state index contributed by atoms with van der Waals surface area (Å²) < 4.78 is 18.9. The van der Waals surface area contributed by atoms with Crippen LogP contribution in [0.5, 0.6) is 0 Å². The molecule has 8 aromatic heterocycles. The predicted octanol–water partition coefficient (Wildman–Crippen LogP) is 29.9. The van der Waals surface area contributed by atoms with E-state index < -0.39 is 0 Å². The lowest BCUT2D eigenvalue weighted by atomic mass is 10.00. The van der Waals surface area contributed by atoms with Gasteiger partial charge in [0.1, 0.15) is 11.2 Å². The highest BCUT2D eigenvalue weighted by molar-refractivity contribution is 7.26. The first-order valence-electron chi connectivity index (χ1n) is 41.3. The normalized spacial score (nSPS) is 11.9. The lowest BCUT2D eigenvalue weighted by Crippen LogP contribution is -1.97. The number of para-hydroxylation sites is 7. The van der Waals surface area contributed by atoms with Gasteiger partial charge in [-0.3, -0.25) is 0 Å². The first-order valence-corrected chi connectivity index (χ1v) is 42.1. The van der Waals surface area contributed by atoms with Crippen LogP contribution >= 0.6 is 11.3 Å². The van der Waals surface area contributed by atoms with Gasteiger partial charge in [-0.15, -0.1) is 11.3 Å². The van der Waals surface area contributed by atoms with Gasteiger partial charge in [0.15, 0.2) is 11.6 Å². The van der Waals surface area contributed by atoms with Gasteiger partial charge >= 0.3 is 0 Å². The zero-order valence-corrected chi connectivity index (χ0v) is 66.5. The summed E-state index contributed by atoms with van der Waals surface area (Å²) in [6.45, 7) is 0. The number of benzene rings is 18. The van der Waals surface area contributed by atoms with Crippen LogP contribution in [0.15, 0.2) is 417 Å². The van der Waals surface area contributed by atoms with Gasteiger partial charge in [-0.2, -0.15) is 0 Å². The van der Waals surface area contributed by atoms with Gasteiger partial charge in [0.05, 0.1) is 71.9 Å². The molecule has 26 rings (SSSR count). The highest BCUT2D eigenvalue weighted by Crippen LogP contribution is 2.48.